The molecule has 0 heterocycles. The third kappa shape index (κ3) is 2.71. The Labute approximate surface area is 92.3 Å². The predicted molar refractivity (Wildman–Crippen MR) is 60.8 cm³/mol. The Kier molecular flexibility index (Phi) is 4.14. The monoisotopic (exact) mass is 213 g/mol. The van der Waals surface area contributed by atoms with Crippen LogP contribution in [0.5, 0.6) is 0 Å². The van der Waals surface area contributed by atoms with E-state index in [-0.39, 0.29) is 12.0 Å². The largest absolute Gasteiger partial charge is 0.481 e. The average Bonchev–Trinajstić information content (AvgIpc) is 2.17. The quantitative estimate of drug-likeness (QED) is 0.753. The molecule has 15 heavy (non-hydrogen) atoms. The number of aliphatic carboxylic acids is 1. The highest BCUT2D eigenvalue weighted by Crippen LogP contribution is 2.40. The fourth-order valence-corrected chi connectivity index (χ4v) is 3.13. The average molecular weight is 213 g/mol. The van der Waals surface area contributed by atoms with Crippen LogP contribution in [-0.2, 0) is 4.79 Å². The van der Waals surface area contributed by atoms with Gasteiger partial charge in [-0.25, -0.2) is 0 Å². The van der Waals surface area contributed by atoms with Crippen molar-refractivity contribution in [2.24, 2.45) is 11.8 Å². The van der Waals surface area contributed by atoms with E-state index < -0.39 is 5.97 Å². The van der Waals surface area contributed by atoms with Gasteiger partial charge in [0, 0.05) is 5.54 Å². The van der Waals surface area contributed by atoms with Crippen molar-refractivity contribution in [3.8, 4) is 0 Å². The normalized spacial score (nSPS) is 31.9. The lowest BCUT2D eigenvalue weighted by Crippen LogP contribution is -2.54. The Morgan fingerprint density at radius 1 is 1.53 bits per heavy atom. The minimum Gasteiger partial charge on any atom is -0.481 e. The summed E-state index contributed by atoms with van der Waals surface area (Å²) in [4.78, 5) is 11.0. The number of hydrogen-bond acceptors (Lipinski definition) is 2. The molecule has 1 aliphatic carbocycles. The first-order valence-corrected chi connectivity index (χ1v) is 5.92. The zero-order valence-corrected chi connectivity index (χ0v) is 10.0. The van der Waals surface area contributed by atoms with E-state index in [9.17, 15) is 4.79 Å². The summed E-state index contributed by atoms with van der Waals surface area (Å²) < 4.78 is 0. The topological polar surface area (TPSA) is 49.3 Å². The van der Waals surface area contributed by atoms with Crippen LogP contribution in [0.3, 0.4) is 0 Å². The summed E-state index contributed by atoms with van der Waals surface area (Å²) in [6.07, 6.45) is 4.81. The van der Waals surface area contributed by atoms with Crippen molar-refractivity contribution < 1.29 is 9.90 Å². The van der Waals surface area contributed by atoms with Gasteiger partial charge >= 0.3 is 5.97 Å². The molecule has 0 amide bonds. The Balaban J connectivity index is 2.84. The van der Waals surface area contributed by atoms with E-state index in [1.54, 1.807) is 0 Å². The molecule has 0 aliphatic heterocycles. The summed E-state index contributed by atoms with van der Waals surface area (Å²) >= 11 is 0. The molecule has 88 valence electrons. The Hall–Kier alpha value is -0.570. The molecule has 2 unspecified atom stereocenters. The first-order valence-electron chi connectivity index (χ1n) is 5.92. The van der Waals surface area contributed by atoms with Gasteiger partial charge in [-0.15, -0.1) is 0 Å². The molecule has 0 aromatic carbocycles. The van der Waals surface area contributed by atoms with Gasteiger partial charge in [0.2, 0.25) is 0 Å². The van der Waals surface area contributed by atoms with Crippen molar-refractivity contribution >= 4 is 5.97 Å². The highest BCUT2D eigenvalue weighted by molar-refractivity contribution is 5.68. The van der Waals surface area contributed by atoms with E-state index in [1.807, 2.05) is 7.05 Å². The van der Waals surface area contributed by atoms with Gasteiger partial charge in [-0.2, -0.15) is 0 Å². The molecular formula is C12H23NO2. The molecule has 0 radical (unpaired) electrons. The fourth-order valence-electron chi connectivity index (χ4n) is 3.13. The second-order valence-corrected chi connectivity index (χ2v) is 5.07. The minimum atomic E-state index is -0.683. The summed E-state index contributed by atoms with van der Waals surface area (Å²) in [6, 6.07) is 0. The van der Waals surface area contributed by atoms with E-state index in [0.717, 1.165) is 19.3 Å². The first kappa shape index (κ1) is 12.5. The molecule has 1 saturated carbocycles. The SMILES string of the molecule is CNC1(CC(=O)O)CCCCC1C(C)C. The number of hydrogen-bond donors (Lipinski definition) is 2. The Bertz CT molecular complexity index is 228. The molecule has 3 nitrogen and oxygen atoms in total. The van der Waals surface area contributed by atoms with Crippen molar-refractivity contribution in [3.63, 3.8) is 0 Å². The number of nitrogens with one attached hydrogen (secondary N) is 1. The molecule has 2 N–H and O–H groups in total. The molecule has 3 heteroatoms. The van der Waals surface area contributed by atoms with Crippen LogP contribution in [0.1, 0.15) is 46.0 Å². The van der Waals surface area contributed by atoms with Gasteiger partial charge in [0.05, 0.1) is 6.42 Å². The maximum Gasteiger partial charge on any atom is 0.305 e. The van der Waals surface area contributed by atoms with Crippen LogP contribution < -0.4 is 5.32 Å². The van der Waals surface area contributed by atoms with Crippen molar-refractivity contribution in [1.82, 2.24) is 5.32 Å². The summed E-state index contributed by atoms with van der Waals surface area (Å²) in [6.45, 7) is 4.40. The summed E-state index contributed by atoms with van der Waals surface area (Å²) in [5.41, 5.74) is -0.168. The minimum absolute atomic E-state index is 0.168. The number of carboxylic acids is 1. The van der Waals surface area contributed by atoms with Gasteiger partial charge in [-0.3, -0.25) is 4.79 Å². The zero-order chi connectivity index (χ0) is 11.5. The number of rotatable bonds is 4. The molecule has 0 saturated heterocycles. The number of carbonyl (C=O) groups is 1. The molecule has 2 atom stereocenters. The predicted octanol–water partition coefficient (Wildman–Crippen LogP) is 2.27. The molecule has 0 bridgehead atoms. The summed E-state index contributed by atoms with van der Waals surface area (Å²) in [5, 5.41) is 12.3. The van der Waals surface area contributed by atoms with Gasteiger partial charge in [-0.05, 0) is 31.7 Å². The third-order valence-corrected chi connectivity index (χ3v) is 3.87. The molecule has 1 aliphatic rings. The van der Waals surface area contributed by atoms with Crippen LogP contribution in [-0.4, -0.2) is 23.7 Å². The lowest BCUT2D eigenvalue weighted by Gasteiger charge is -2.45. The van der Waals surface area contributed by atoms with E-state index in [2.05, 4.69) is 19.2 Å². The van der Waals surface area contributed by atoms with E-state index in [4.69, 9.17) is 5.11 Å². The standard InChI is InChI=1S/C12H23NO2/c1-9(2)10-6-4-5-7-12(10,13-3)8-11(14)15/h9-10,13H,4-8H2,1-3H3,(H,14,15). The van der Waals surface area contributed by atoms with E-state index >= 15 is 0 Å². The smallest absolute Gasteiger partial charge is 0.305 e. The van der Waals surface area contributed by atoms with Crippen LogP contribution in [0.2, 0.25) is 0 Å². The van der Waals surface area contributed by atoms with Crippen molar-refractivity contribution in [3.05, 3.63) is 0 Å². The lowest BCUT2D eigenvalue weighted by molar-refractivity contribution is -0.140. The van der Waals surface area contributed by atoms with Gasteiger partial charge in [0.15, 0.2) is 0 Å². The van der Waals surface area contributed by atoms with Crippen LogP contribution >= 0.6 is 0 Å². The van der Waals surface area contributed by atoms with Crippen LogP contribution in [0.25, 0.3) is 0 Å². The Morgan fingerprint density at radius 3 is 2.67 bits per heavy atom. The molecule has 0 aromatic rings. The molecule has 0 spiro atoms. The van der Waals surface area contributed by atoms with Gasteiger partial charge in [0.25, 0.3) is 0 Å². The summed E-state index contributed by atoms with van der Waals surface area (Å²) in [7, 11) is 1.91. The van der Waals surface area contributed by atoms with Crippen LogP contribution in [0.15, 0.2) is 0 Å². The highest BCUT2D eigenvalue weighted by atomic mass is 16.4. The van der Waals surface area contributed by atoms with E-state index in [1.165, 1.54) is 6.42 Å². The zero-order valence-electron chi connectivity index (χ0n) is 10.0. The second kappa shape index (κ2) is 4.97. The molecule has 1 rings (SSSR count). The van der Waals surface area contributed by atoms with Crippen molar-refractivity contribution in [2.75, 3.05) is 7.05 Å². The maximum atomic E-state index is 11.0. The van der Waals surface area contributed by atoms with Gasteiger partial charge < -0.3 is 10.4 Å². The molecular weight excluding hydrogens is 190 g/mol. The molecule has 1 fully saturated rings. The third-order valence-electron chi connectivity index (χ3n) is 3.87. The second-order valence-electron chi connectivity index (χ2n) is 5.07. The van der Waals surface area contributed by atoms with Gasteiger partial charge in [0.1, 0.15) is 0 Å². The highest BCUT2D eigenvalue weighted by Gasteiger charge is 2.42. The van der Waals surface area contributed by atoms with E-state index in [0.29, 0.717) is 11.8 Å². The summed E-state index contributed by atoms with van der Waals surface area (Å²) in [5.74, 6) is 0.362. The molecule has 0 aromatic heterocycles. The van der Waals surface area contributed by atoms with Crippen molar-refractivity contribution in [1.29, 1.82) is 0 Å². The first-order chi connectivity index (χ1) is 7.02. The Morgan fingerprint density at radius 2 is 2.20 bits per heavy atom. The maximum absolute atomic E-state index is 11.0. The van der Waals surface area contributed by atoms with Gasteiger partial charge in [-0.1, -0.05) is 26.7 Å². The van der Waals surface area contributed by atoms with Crippen molar-refractivity contribution in [2.45, 2.75) is 51.5 Å². The fraction of sp³-hybridized carbons (Fsp3) is 0.917. The van der Waals surface area contributed by atoms with Crippen LogP contribution in [0.4, 0.5) is 0 Å². The number of carboxylic acid groups (broad SMARTS) is 1. The van der Waals surface area contributed by atoms with Crippen LogP contribution in [0, 0.1) is 11.8 Å². The lowest BCUT2D eigenvalue weighted by atomic mass is 9.66.